The largest absolute Gasteiger partial charge is 0.495 e. The summed E-state index contributed by atoms with van der Waals surface area (Å²) >= 11 is 0. The summed E-state index contributed by atoms with van der Waals surface area (Å²) in [5.74, 6) is -0.0659. The van der Waals surface area contributed by atoms with E-state index in [0.29, 0.717) is 0 Å². The van der Waals surface area contributed by atoms with Crippen LogP contribution in [0.3, 0.4) is 0 Å². The molecule has 0 aliphatic heterocycles. The van der Waals surface area contributed by atoms with Crippen molar-refractivity contribution in [3.05, 3.63) is 53.6 Å². The fraction of sp³-hybridized carbons (Fsp3) is 0.381. The fourth-order valence-corrected chi connectivity index (χ4v) is 4.93. The van der Waals surface area contributed by atoms with Crippen LogP contribution in [0.15, 0.2) is 47.4 Å². The van der Waals surface area contributed by atoms with Gasteiger partial charge in [-0.1, -0.05) is 30.5 Å². The number of hydrogen-bond donors (Lipinski definition) is 1. The van der Waals surface area contributed by atoms with E-state index in [1.165, 1.54) is 24.1 Å². The molecule has 6 nitrogen and oxygen atoms in total. The lowest BCUT2D eigenvalue weighted by Gasteiger charge is -2.19. The highest BCUT2D eigenvalue weighted by Gasteiger charge is 2.27. The van der Waals surface area contributed by atoms with Crippen LogP contribution >= 0.6 is 0 Å². The first-order chi connectivity index (χ1) is 13.3. The third-order valence-electron chi connectivity index (χ3n) is 5.10. The molecule has 150 valence electrons. The Morgan fingerprint density at radius 3 is 2.36 bits per heavy atom. The molecular formula is C21H26N2O4S. The zero-order valence-corrected chi connectivity index (χ0v) is 17.3. The van der Waals surface area contributed by atoms with E-state index in [4.69, 9.17) is 4.74 Å². The van der Waals surface area contributed by atoms with Crippen molar-refractivity contribution in [1.82, 2.24) is 4.72 Å². The number of nitrogens with zero attached hydrogens (tertiary/aromatic N) is 1. The predicted octanol–water partition coefficient (Wildman–Crippen LogP) is 3.50. The summed E-state index contributed by atoms with van der Waals surface area (Å²) in [5, 5.41) is 0. The van der Waals surface area contributed by atoms with E-state index in [9.17, 15) is 13.2 Å². The summed E-state index contributed by atoms with van der Waals surface area (Å²) in [6.45, 7) is 1.98. The van der Waals surface area contributed by atoms with Gasteiger partial charge >= 0.3 is 0 Å². The first-order valence-electron chi connectivity index (χ1n) is 9.37. The number of carbonyl (C=O) groups is 1. The summed E-state index contributed by atoms with van der Waals surface area (Å²) in [4.78, 5) is 14.4. The van der Waals surface area contributed by atoms with Crippen LogP contribution in [-0.4, -0.2) is 34.5 Å². The zero-order chi connectivity index (χ0) is 20.3. The van der Waals surface area contributed by atoms with Gasteiger partial charge in [-0.2, -0.15) is 0 Å². The first-order valence-corrected chi connectivity index (χ1v) is 10.9. The average Bonchev–Trinajstić information content (AvgIpc) is 3.19. The van der Waals surface area contributed by atoms with Crippen molar-refractivity contribution in [2.75, 3.05) is 19.1 Å². The van der Waals surface area contributed by atoms with Crippen molar-refractivity contribution in [1.29, 1.82) is 0 Å². The Bertz CT molecular complexity index is 949. The number of aryl methyl sites for hydroxylation is 1. The molecular weight excluding hydrogens is 376 g/mol. The number of methoxy groups -OCH3 is 1. The maximum Gasteiger partial charge on any atom is 0.258 e. The number of carbonyl (C=O) groups excluding carboxylic acids is 1. The van der Waals surface area contributed by atoms with Crippen LogP contribution in [0.2, 0.25) is 0 Å². The van der Waals surface area contributed by atoms with E-state index < -0.39 is 10.0 Å². The first kappa shape index (κ1) is 20.4. The summed E-state index contributed by atoms with van der Waals surface area (Å²) in [7, 11) is -0.695. The molecule has 1 fully saturated rings. The summed E-state index contributed by atoms with van der Waals surface area (Å²) in [6, 6.07) is 12.0. The number of rotatable bonds is 6. The highest BCUT2D eigenvalue weighted by molar-refractivity contribution is 7.89. The van der Waals surface area contributed by atoms with Crippen LogP contribution in [0.4, 0.5) is 5.69 Å². The molecule has 3 rings (SSSR count). The minimum Gasteiger partial charge on any atom is -0.495 e. The number of benzene rings is 2. The third-order valence-corrected chi connectivity index (χ3v) is 6.64. The van der Waals surface area contributed by atoms with Crippen LogP contribution < -0.4 is 14.4 Å². The summed E-state index contributed by atoms with van der Waals surface area (Å²) < 4.78 is 33.8. The molecule has 7 heteroatoms. The number of anilines is 1. The third kappa shape index (κ3) is 4.36. The maximum atomic E-state index is 12.9. The van der Waals surface area contributed by atoms with E-state index in [-0.39, 0.29) is 28.2 Å². The fourth-order valence-electron chi connectivity index (χ4n) is 3.43. The Balaban J connectivity index is 1.91. The van der Waals surface area contributed by atoms with Gasteiger partial charge in [0.15, 0.2) is 0 Å². The van der Waals surface area contributed by atoms with Gasteiger partial charge in [0.05, 0.1) is 7.11 Å². The Kier molecular flexibility index (Phi) is 6.05. The standard InChI is InChI=1S/C21H26N2O4S/c1-15-8-11-18(12-9-15)23(2)21(24)16-10-13-19(27-3)20(14-16)28(25,26)22-17-6-4-5-7-17/h8-14,17,22H,4-7H2,1-3H3. The lowest BCUT2D eigenvalue weighted by atomic mass is 10.1. The van der Waals surface area contributed by atoms with Crippen LogP contribution in [0, 0.1) is 6.92 Å². The van der Waals surface area contributed by atoms with Crippen LogP contribution in [0.1, 0.15) is 41.6 Å². The second-order valence-electron chi connectivity index (χ2n) is 7.17. The molecule has 0 radical (unpaired) electrons. The molecule has 0 saturated heterocycles. The van der Waals surface area contributed by atoms with Crippen LogP contribution in [-0.2, 0) is 10.0 Å². The lowest BCUT2D eigenvalue weighted by molar-refractivity contribution is 0.0992. The Morgan fingerprint density at radius 2 is 1.75 bits per heavy atom. The molecule has 1 amide bonds. The van der Waals surface area contributed by atoms with Gasteiger partial charge in [0, 0.05) is 24.3 Å². The Morgan fingerprint density at radius 1 is 1.11 bits per heavy atom. The maximum absolute atomic E-state index is 12.9. The van der Waals surface area contributed by atoms with Gasteiger partial charge in [-0.05, 0) is 50.1 Å². The molecule has 28 heavy (non-hydrogen) atoms. The topological polar surface area (TPSA) is 75.7 Å². The van der Waals surface area contributed by atoms with Gasteiger partial charge < -0.3 is 9.64 Å². The molecule has 0 unspecified atom stereocenters. The summed E-state index contributed by atoms with van der Waals surface area (Å²) in [6.07, 6.45) is 3.70. The second-order valence-corrected chi connectivity index (χ2v) is 8.85. The van der Waals surface area contributed by atoms with E-state index in [0.717, 1.165) is 36.9 Å². The molecule has 0 heterocycles. The highest BCUT2D eigenvalue weighted by atomic mass is 32.2. The van der Waals surface area contributed by atoms with Gasteiger partial charge in [-0.3, -0.25) is 4.79 Å². The lowest BCUT2D eigenvalue weighted by Crippen LogP contribution is -2.33. The highest BCUT2D eigenvalue weighted by Crippen LogP contribution is 2.28. The molecule has 0 aromatic heterocycles. The second kappa shape index (κ2) is 8.32. The van der Waals surface area contributed by atoms with Gasteiger partial charge in [0.1, 0.15) is 10.6 Å². The smallest absolute Gasteiger partial charge is 0.258 e. The molecule has 0 spiro atoms. The Hall–Kier alpha value is -2.38. The van der Waals surface area contributed by atoms with Crippen molar-refractivity contribution in [3.63, 3.8) is 0 Å². The minimum absolute atomic E-state index is 0.00921. The van der Waals surface area contributed by atoms with E-state index in [2.05, 4.69) is 4.72 Å². The summed E-state index contributed by atoms with van der Waals surface area (Å²) in [5.41, 5.74) is 2.12. The predicted molar refractivity (Wildman–Crippen MR) is 109 cm³/mol. The van der Waals surface area contributed by atoms with Crippen molar-refractivity contribution in [2.45, 2.75) is 43.5 Å². The van der Waals surface area contributed by atoms with Crippen molar-refractivity contribution < 1.29 is 17.9 Å². The van der Waals surface area contributed by atoms with Crippen molar-refractivity contribution in [2.24, 2.45) is 0 Å². The van der Waals surface area contributed by atoms with E-state index in [1.807, 2.05) is 31.2 Å². The molecule has 0 atom stereocenters. The van der Waals surface area contributed by atoms with Gasteiger partial charge in [-0.15, -0.1) is 0 Å². The van der Waals surface area contributed by atoms with Crippen LogP contribution in [0.5, 0.6) is 5.75 Å². The molecule has 1 N–H and O–H groups in total. The van der Waals surface area contributed by atoms with Crippen molar-refractivity contribution in [3.8, 4) is 5.75 Å². The van der Waals surface area contributed by atoms with E-state index >= 15 is 0 Å². The molecule has 1 saturated carbocycles. The molecule has 1 aliphatic rings. The quantitative estimate of drug-likeness (QED) is 0.802. The SMILES string of the molecule is COc1ccc(C(=O)N(C)c2ccc(C)cc2)cc1S(=O)(=O)NC1CCCC1. The number of amides is 1. The van der Waals surface area contributed by atoms with Gasteiger partial charge in [0.25, 0.3) is 5.91 Å². The number of sulfonamides is 1. The van der Waals surface area contributed by atoms with Crippen molar-refractivity contribution >= 4 is 21.6 Å². The molecule has 0 bridgehead atoms. The van der Waals surface area contributed by atoms with E-state index in [1.54, 1.807) is 13.1 Å². The molecule has 1 aliphatic carbocycles. The Labute approximate surface area is 166 Å². The zero-order valence-electron chi connectivity index (χ0n) is 16.4. The number of nitrogens with one attached hydrogen (secondary N) is 1. The number of ether oxygens (including phenoxy) is 1. The minimum atomic E-state index is -3.78. The monoisotopic (exact) mass is 402 g/mol. The van der Waals surface area contributed by atoms with Crippen LogP contribution in [0.25, 0.3) is 0 Å². The molecule has 2 aromatic carbocycles. The number of hydrogen-bond acceptors (Lipinski definition) is 4. The molecule has 2 aromatic rings. The average molecular weight is 403 g/mol. The normalized spacial score (nSPS) is 14.8. The van der Waals surface area contributed by atoms with Gasteiger partial charge in [-0.25, -0.2) is 13.1 Å². The van der Waals surface area contributed by atoms with Gasteiger partial charge in [0.2, 0.25) is 10.0 Å².